The van der Waals surface area contributed by atoms with Gasteiger partial charge in [0.15, 0.2) is 19.7 Å². The Morgan fingerprint density at radius 3 is 2.69 bits per heavy atom. The lowest BCUT2D eigenvalue weighted by atomic mass is 10.2. The minimum absolute atomic E-state index is 0.0337. The van der Waals surface area contributed by atoms with Crippen molar-refractivity contribution >= 4 is 25.6 Å². The molecule has 0 bridgehead atoms. The van der Waals surface area contributed by atoms with Crippen molar-refractivity contribution in [2.45, 2.75) is 23.1 Å². The molecule has 1 amide bonds. The summed E-state index contributed by atoms with van der Waals surface area (Å²) in [7, 11) is -7.12. The van der Waals surface area contributed by atoms with Gasteiger partial charge in [0.25, 0.3) is 5.91 Å². The first-order valence-corrected chi connectivity index (χ1v) is 11.4. The van der Waals surface area contributed by atoms with E-state index in [1.165, 1.54) is 24.3 Å². The molecule has 1 atom stereocenters. The summed E-state index contributed by atoms with van der Waals surface area (Å²) in [6, 6.07) is 9.24. The van der Waals surface area contributed by atoms with E-state index in [2.05, 4.69) is 10.3 Å². The first-order chi connectivity index (χ1) is 12.3. The molecule has 138 valence electrons. The van der Waals surface area contributed by atoms with Crippen molar-refractivity contribution < 1.29 is 21.6 Å². The van der Waals surface area contributed by atoms with Crippen molar-refractivity contribution in [3.8, 4) is 0 Å². The fourth-order valence-electron chi connectivity index (χ4n) is 2.80. The quantitative estimate of drug-likeness (QED) is 0.809. The molecule has 7 nitrogen and oxygen atoms in total. The van der Waals surface area contributed by atoms with Gasteiger partial charge in [-0.15, -0.1) is 0 Å². The summed E-state index contributed by atoms with van der Waals surface area (Å²) < 4.78 is 48.5. The number of pyridine rings is 1. The van der Waals surface area contributed by atoms with Crippen LogP contribution in [0.4, 0.5) is 0 Å². The lowest BCUT2D eigenvalue weighted by molar-refractivity contribution is 0.0950. The number of hydrogen-bond donors (Lipinski definition) is 1. The van der Waals surface area contributed by atoms with Gasteiger partial charge in [-0.25, -0.2) is 16.8 Å². The molecule has 3 rings (SSSR count). The van der Waals surface area contributed by atoms with Crippen LogP contribution in [0.2, 0.25) is 0 Å². The highest BCUT2D eigenvalue weighted by Crippen LogP contribution is 2.25. The summed E-state index contributed by atoms with van der Waals surface area (Å²) in [5.74, 6) is -0.903. The van der Waals surface area contributed by atoms with Crippen molar-refractivity contribution in [2.75, 3.05) is 11.5 Å². The van der Waals surface area contributed by atoms with Crippen LogP contribution in [0.3, 0.4) is 0 Å². The average molecular weight is 394 g/mol. The average Bonchev–Trinajstić information content (AvgIpc) is 3.01. The van der Waals surface area contributed by atoms with Crippen LogP contribution >= 0.6 is 0 Å². The van der Waals surface area contributed by atoms with Gasteiger partial charge < -0.3 is 5.32 Å². The van der Waals surface area contributed by atoms with Gasteiger partial charge in [-0.05, 0) is 36.2 Å². The topological polar surface area (TPSA) is 110 Å². The minimum Gasteiger partial charge on any atom is -0.348 e. The second-order valence-electron chi connectivity index (χ2n) is 6.14. The Kier molecular flexibility index (Phi) is 5.10. The Labute approximate surface area is 152 Å². The van der Waals surface area contributed by atoms with E-state index in [4.69, 9.17) is 0 Å². The molecule has 1 fully saturated rings. The normalized spacial score (nSPS) is 19.2. The summed E-state index contributed by atoms with van der Waals surface area (Å²) in [6.07, 6.45) is 3.34. The molecule has 0 spiro atoms. The zero-order valence-corrected chi connectivity index (χ0v) is 15.5. The van der Waals surface area contributed by atoms with E-state index >= 15 is 0 Å². The highest BCUT2D eigenvalue weighted by atomic mass is 32.2. The summed E-state index contributed by atoms with van der Waals surface area (Å²) in [4.78, 5) is 16.2. The minimum atomic E-state index is -3.80. The number of hydrogen-bond acceptors (Lipinski definition) is 6. The van der Waals surface area contributed by atoms with Crippen molar-refractivity contribution in [2.24, 2.45) is 0 Å². The molecule has 0 aliphatic carbocycles. The van der Waals surface area contributed by atoms with Gasteiger partial charge in [-0.1, -0.05) is 12.1 Å². The van der Waals surface area contributed by atoms with Crippen LogP contribution in [-0.2, 0) is 26.2 Å². The molecule has 1 saturated heterocycles. The lowest BCUT2D eigenvalue weighted by Crippen LogP contribution is -2.25. The number of sulfone groups is 2. The van der Waals surface area contributed by atoms with E-state index in [0.717, 1.165) is 5.56 Å². The van der Waals surface area contributed by atoms with Gasteiger partial charge >= 0.3 is 0 Å². The monoisotopic (exact) mass is 394 g/mol. The van der Waals surface area contributed by atoms with Gasteiger partial charge in [0.1, 0.15) is 0 Å². The van der Waals surface area contributed by atoms with Crippen molar-refractivity contribution in [1.29, 1.82) is 0 Å². The van der Waals surface area contributed by atoms with Crippen LogP contribution < -0.4 is 5.32 Å². The van der Waals surface area contributed by atoms with Crippen molar-refractivity contribution in [3.63, 3.8) is 0 Å². The van der Waals surface area contributed by atoms with E-state index in [0.29, 0.717) is 0 Å². The molecule has 1 aliphatic heterocycles. The zero-order valence-electron chi connectivity index (χ0n) is 13.8. The fraction of sp³-hybridized carbons (Fsp3) is 0.294. The maximum Gasteiger partial charge on any atom is 0.251 e. The highest BCUT2D eigenvalue weighted by Gasteiger charge is 2.38. The van der Waals surface area contributed by atoms with Crippen molar-refractivity contribution in [1.82, 2.24) is 10.3 Å². The molecule has 1 unspecified atom stereocenters. The Morgan fingerprint density at radius 2 is 2.04 bits per heavy atom. The van der Waals surface area contributed by atoms with Crippen LogP contribution in [0, 0.1) is 0 Å². The lowest BCUT2D eigenvalue weighted by Gasteiger charge is -2.11. The first-order valence-electron chi connectivity index (χ1n) is 7.99. The number of nitrogens with one attached hydrogen (secondary N) is 1. The molecule has 1 aromatic heterocycles. The molecule has 0 radical (unpaired) electrons. The summed E-state index contributed by atoms with van der Waals surface area (Å²) in [5, 5.41) is 1.75. The number of benzene rings is 1. The Hall–Kier alpha value is -2.26. The number of nitrogens with zero attached hydrogens (tertiary/aromatic N) is 1. The molecule has 9 heteroatoms. The molecule has 0 saturated carbocycles. The first kappa shape index (κ1) is 18.5. The van der Waals surface area contributed by atoms with Gasteiger partial charge in [0, 0.05) is 24.5 Å². The Morgan fingerprint density at radius 1 is 1.23 bits per heavy atom. The van der Waals surface area contributed by atoms with Gasteiger partial charge in [0.05, 0.1) is 21.7 Å². The SMILES string of the molecule is O=C(NCc1cccnc1)c1cccc(S(=O)(=O)C2CCS(=O)(=O)C2)c1. The number of carbonyl (C=O) groups excluding carboxylic acids is 1. The molecule has 1 N–H and O–H groups in total. The highest BCUT2D eigenvalue weighted by molar-refractivity contribution is 7.96. The molecule has 1 aromatic carbocycles. The van der Waals surface area contributed by atoms with Crippen molar-refractivity contribution in [3.05, 3.63) is 59.9 Å². The van der Waals surface area contributed by atoms with Gasteiger partial charge in [-0.2, -0.15) is 0 Å². The molecule has 26 heavy (non-hydrogen) atoms. The second-order valence-corrected chi connectivity index (χ2v) is 10.6. The van der Waals surface area contributed by atoms with E-state index in [9.17, 15) is 21.6 Å². The number of aromatic nitrogens is 1. The number of carbonyl (C=O) groups is 1. The van der Waals surface area contributed by atoms with Crippen LogP contribution in [-0.4, -0.2) is 44.5 Å². The summed E-state index contributed by atoms with van der Waals surface area (Å²) >= 11 is 0. The van der Waals surface area contributed by atoms with Crippen LogP contribution in [0.5, 0.6) is 0 Å². The third kappa shape index (κ3) is 4.10. The third-order valence-electron chi connectivity index (χ3n) is 4.23. The smallest absolute Gasteiger partial charge is 0.251 e. The second kappa shape index (κ2) is 7.16. The molecular formula is C17H18N2O5S2. The standard InChI is InChI=1S/C17H18N2O5S2/c20-17(19-11-13-3-2-7-18-10-13)14-4-1-5-15(9-14)26(23,24)16-6-8-25(21,22)12-16/h1-5,7,9-10,16H,6,8,11-12H2,(H,19,20). The largest absolute Gasteiger partial charge is 0.348 e. The van der Waals surface area contributed by atoms with E-state index in [1.54, 1.807) is 18.5 Å². The van der Waals surface area contributed by atoms with E-state index in [-0.39, 0.29) is 34.9 Å². The fourth-order valence-corrected chi connectivity index (χ4v) is 7.20. The van der Waals surface area contributed by atoms with E-state index in [1.807, 2.05) is 6.07 Å². The molecular weight excluding hydrogens is 376 g/mol. The molecule has 2 heterocycles. The maximum absolute atomic E-state index is 12.7. The molecule has 1 aliphatic rings. The van der Waals surface area contributed by atoms with Crippen LogP contribution in [0.15, 0.2) is 53.7 Å². The maximum atomic E-state index is 12.7. The van der Waals surface area contributed by atoms with Crippen LogP contribution in [0.1, 0.15) is 22.3 Å². The predicted octanol–water partition coefficient (Wildman–Crippen LogP) is 0.972. The number of amides is 1. The third-order valence-corrected chi connectivity index (χ3v) is 8.40. The summed E-state index contributed by atoms with van der Waals surface area (Å²) in [6.45, 7) is 0.268. The van der Waals surface area contributed by atoms with Gasteiger partial charge in [0.2, 0.25) is 0 Å². The Bertz CT molecular complexity index is 1020. The molecule has 2 aromatic rings. The number of rotatable bonds is 5. The Balaban J connectivity index is 1.76. The zero-order chi connectivity index (χ0) is 18.8. The summed E-state index contributed by atoms with van der Waals surface area (Å²) in [5.41, 5.74) is 1.02. The van der Waals surface area contributed by atoms with Crippen LogP contribution in [0.25, 0.3) is 0 Å². The van der Waals surface area contributed by atoms with Gasteiger partial charge in [-0.3, -0.25) is 9.78 Å². The van der Waals surface area contributed by atoms with E-state index < -0.39 is 30.8 Å². The predicted molar refractivity (Wildman–Crippen MR) is 96.1 cm³/mol.